The predicted octanol–water partition coefficient (Wildman–Crippen LogP) is 1.34. The van der Waals surface area contributed by atoms with Crippen molar-refractivity contribution in [1.82, 2.24) is 10.6 Å². The highest BCUT2D eigenvalue weighted by molar-refractivity contribution is 5.85. The molecule has 2 rings (SSSR count). The number of hydrogen-bond acceptors (Lipinski definition) is 3. The number of carbonyl (C=O) groups excluding carboxylic acids is 1. The monoisotopic (exact) mass is 276 g/mol. The Kier molecular flexibility index (Phi) is 6.97. The van der Waals surface area contributed by atoms with Gasteiger partial charge in [-0.15, -0.1) is 12.4 Å². The molecule has 0 saturated carbocycles. The van der Waals surface area contributed by atoms with Crippen molar-refractivity contribution >= 4 is 18.3 Å². The van der Waals surface area contributed by atoms with Crippen LogP contribution < -0.4 is 10.6 Å². The normalized spacial score (nSPS) is 30.1. The second kappa shape index (κ2) is 7.97. The zero-order chi connectivity index (χ0) is 12.1. The minimum absolute atomic E-state index is 0. The third-order valence-electron chi connectivity index (χ3n) is 3.94. The maximum absolute atomic E-state index is 12.0. The quantitative estimate of drug-likeness (QED) is 0.818. The van der Waals surface area contributed by atoms with Crippen molar-refractivity contribution in [3.63, 3.8) is 0 Å². The third kappa shape index (κ3) is 4.41. The van der Waals surface area contributed by atoms with Gasteiger partial charge in [-0.3, -0.25) is 4.79 Å². The van der Waals surface area contributed by atoms with Crippen molar-refractivity contribution in [1.29, 1.82) is 0 Å². The van der Waals surface area contributed by atoms with Crippen LogP contribution in [0.4, 0.5) is 0 Å². The maximum atomic E-state index is 12.0. The number of halogens is 1. The SMILES string of the molecule is CC(NC(=O)C1CCCOC1)C1CCCNC1.Cl. The smallest absolute Gasteiger partial charge is 0.225 e. The number of hydrogen-bond donors (Lipinski definition) is 2. The van der Waals surface area contributed by atoms with Gasteiger partial charge in [-0.1, -0.05) is 0 Å². The van der Waals surface area contributed by atoms with Crippen molar-refractivity contribution in [3.8, 4) is 0 Å². The number of ether oxygens (including phenoxy) is 1. The maximum Gasteiger partial charge on any atom is 0.225 e. The van der Waals surface area contributed by atoms with Crippen LogP contribution in [-0.2, 0) is 9.53 Å². The lowest BCUT2D eigenvalue weighted by molar-refractivity contribution is -0.130. The Labute approximate surface area is 116 Å². The molecular weight excluding hydrogens is 252 g/mol. The highest BCUT2D eigenvalue weighted by Crippen LogP contribution is 2.17. The molecule has 4 nitrogen and oxygen atoms in total. The summed E-state index contributed by atoms with van der Waals surface area (Å²) in [5, 5.41) is 6.55. The van der Waals surface area contributed by atoms with Crippen LogP contribution in [0.2, 0.25) is 0 Å². The van der Waals surface area contributed by atoms with E-state index in [1.54, 1.807) is 0 Å². The molecule has 2 aliphatic heterocycles. The average Bonchev–Trinajstić information content (AvgIpc) is 2.40. The zero-order valence-corrected chi connectivity index (χ0v) is 11.9. The van der Waals surface area contributed by atoms with Crippen LogP contribution in [0.15, 0.2) is 0 Å². The van der Waals surface area contributed by atoms with Gasteiger partial charge in [0.05, 0.1) is 12.5 Å². The minimum Gasteiger partial charge on any atom is -0.381 e. The van der Waals surface area contributed by atoms with E-state index in [4.69, 9.17) is 4.74 Å². The number of amides is 1. The zero-order valence-electron chi connectivity index (χ0n) is 11.1. The van der Waals surface area contributed by atoms with E-state index in [0.29, 0.717) is 12.5 Å². The molecule has 18 heavy (non-hydrogen) atoms. The van der Waals surface area contributed by atoms with Crippen molar-refractivity contribution in [2.75, 3.05) is 26.3 Å². The lowest BCUT2D eigenvalue weighted by Gasteiger charge is -2.30. The Balaban J connectivity index is 0.00000162. The molecule has 0 aromatic rings. The number of nitrogens with one attached hydrogen (secondary N) is 2. The van der Waals surface area contributed by atoms with Crippen LogP contribution in [0, 0.1) is 11.8 Å². The van der Waals surface area contributed by atoms with Crippen LogP contribution in [-0.4, -0.2) is 38.3 Å². The summed E-state index contributed by atoms with van der Waals surface area (Å²) in [6.07, 6.45) is 4.42. The Morgan fingerprint density at radius 3 is 2.83 bits per heavy atom. The standard InChI is InChI=1S/C13H24N2O2.ClH/c1-10(11-4-2-6-14-8-11)15-13(16)12-5-3-7-17-9-12;/h10-12,14H,2-9H2,1H3,(H,15,16);1H. The van der Waals surface area contributed by atoms with E-state index in [9.17, 15) is 4.79 Å². The summed E-state index contributed by atoms with van der Waals surface area (Å²) >= 11 is 0. The van der Waals surface area contributed by atoms with E-state index in [0.717, 1.165) is 32.5 Å². The van der Waals surface area contributed by atoms with E-state index >= 15 is 0 Å². The third-order valence-corrected chi connectivity index (χ3v) is 3.94. The van der Waals surface area contributed by atoms with Gasteiger partial charge in [-0.05, 0) is 51.6 Å². The van der Waals surface area contributed by atoms with Gasteiger partial charge in [0, 0.05) is 12.6 Å². The molecule has 2 heterocycles. The molecule has 0 aromatic carbocycles. The topological polar surface area (TPSA) is 50.4 Å². The number of piperidine rings is 1. The lowest BCUT2D eigenvalue weighted by atomic mass is 9.92. The summed E-state index contributed by atoms with van der Waals surface area (Å²) in [6, 6.07) is 0.275. The minimum atomic E-state index is 0. The van der Waals surface area contributed by atoms with Gasteiger partial charge < -0.3 is 15.4 Å². The molecule has 2 N–H and O–H groups in total. The lowest BCUT2D eigenvalue weighted by Crippen LogP contribution is -2.47. The fourth-order valence-electron chi connectivity index (χ4n) is 2.71. The van der Waals surface area contributed by atoms with Gasteiger partial charge in [-0.2, -0.15) is 0 Å². The summed E-state index contributed by atoms with van der Waals surface area (Å²) in [4.78, 5) is 12.0. The Morgan fingerprint density at radius 2 is 2.22 bits per heavy atom. The van der Waals surface area contributed by atoms with Crippen molar-refractivity contribution < 1.29 is 9.53 Å². The Hall–Kier alpha value is -0.320. The highest BCUT2D eigenvalue weighted by atomic mass is 35.5. The molecule has 0 spiro atoms. The second-order valence-electron chi connectivity index (χ2n) is 5.32. The molecule has 2 saturated heterocycles. The van der Waals surface area contributed by atoms with Crippen LogP contribution in [0.5, 0.6) is 0 Å². The molecule has 0 radical (unpaired) electrons. The van der Waals surface area contributed by atoms with Gasteiger partial charge in [0.25, 0.3) is 0 Å². The van der Waals surface area contributed by atoms with Crippen LogP contribution in [0.25, 0.3) is 0 Å². The van der Waals surface area contributed by atoms with E-state index in [1.807, 2.05) is 0 Å². The fraction of sp³-hybridized carbons (Fsp3) is 0.923. The van der Waals surface area contributed by atoms with Crippen molar-refractivity contribution in [2.24, 2.45) is 11.8 Å². The summed E-state index contributed by atoms with van der Waals surface area (Å²) in [7, 11) is 0. The fourth-order valence-corrected chi connectivity index (χ4v) is 2.71. The second-order valence-corrected chi connectivity index (χ2v) is 5.32. The molecule has 0 aromatic heterocycles. The first-order valence-corrected chi connectivity index (χ1v) is 6.86. The molecule has 0 bridgehead atoms. The molecular formula is C13H25ClN2O2. The summed E-state index contributed by atoms with van der Waals surface area (Å²) in [5.41, 5.74) is 0. The predicted molar refractivity (Wildman–Crippen MR) is 74.0 cm³/mol. The first-order valence-electron chi connectivity index (χ1n) is 6.86. The number of carbonyl (C=O) groups is 1. The van der Waals surface area contributed by atoms with Gasteiger partial charge in [0.15, 0.2) is 0 Å². The Morgan fingerprint density at radius 1 is 1.39 bits per heavy atom. The molecule has 3 atom stereocenters. The van der Waals surface area contributed by atoms with Gasteiger partial charge in [0.1, 0.15) is 0 Å². The first kappa shape index (κ1) is 15.7. The van der Waals surface area contributed by atoms with E-state index in [-0.39, 0.29) is 30.3 Å². The average molecular weight is 277 g/mol. The van der Waals surface area contributed by atoms with Crippen molar-refractivity contribution in [3.05, 3.63) is 0 Å². The van der Waals surface area contributed by atoms with Crippen LogP contribution >= 0.6 is 12.4 Å². The molecule has 2 aliphatic rings. The molecule has 1 amide bonds. The molecule has 3 unspecified atom stereocenters. The van der Waals surface area contributed by atoms with Crippen molar-refractivity contribution in [2.45, 2.75) is 38.6 Å². The van der Waals surface area contributed by atoms with E-state index in [2.05, 4.69) is 17.6 Å². The molecule has 0 aliphatic carbocycles. The largest absolute Gasteiger partial charge is 0.381 e. The number of rotatable bonds is 3. The Bertz CT molecular complexity index is 251. The van der Waals surface area contributed by atoms with Crippen LogP contribution in [0.3, 0.4) is 0 Å². The van der Waals surface area contributed by atoms with Gasteiger partial charge in [-0.25, -0.2) is 0 Å². The molecule has 2 fully saturated rings. The van der Waals surface area contributed by atoms with E-state index in [1.165, 1.54) is 12.8 Å². The van der Waals surface area contributed by atoms with Gasteiger partial charge in [0.2, 0.25) is 5.91 Å². The van der Waals surface area contributed by atoms with Crippen LogP contribution in [0.1, 0.15) is 32.6 Å². The molecule has 106 valence electrons. The summed E-state index contributed by atoms with van der Waals surface area (Å²) in [5.74, 6) is 0.836. The van der Waals surface area contributed by atoms with Gasteiger partial charge >= 0.3 is 0 Å². The summed E-state index contributed by atoms with van der Waals surface area (Å²) < 4.78 is 5.36. The van der Waals surface area contributed by atoms with E-state index < -0.39 is 0 Å². The molecule has 5 heteroatoms. The first-order chi connectivity index (χ1) is 8.27. The summed E-state index contributed by atoms with van der Waals surface area (Å²) in [6.45, 7) is 5.68. The highest BCUT2D eigenvalue weighted by Gasteiger charge is 2.26.